The van der Waals surface area contributed by atoms with Crippen molar-refractivity contribution in [2.45, 2.75) is 20.8 Å². The Bertz CT molecular complexity index is 612. The Labute approximate surface area is 123 Å². The second-order valence-electron chi connectivity index (χ2n) is 4.26. The summed E-state index contributed by atoms with van der Waals surface area (Å²) in [6, 6.07) is 5.29. The maximum atomic E-state index is 6.19. The average molecular weight is 296 g/mol. The molecule has 100 valence electrons. The van der Waals surface area contributed by atoms with Gasteiger partial charge in [0.1, 0.15) is 5.82 Å². The van der Waals surface area contributed by atoms with Crippen LogP contribution in [0.3, 0.4) is 0 Å². The van der Waals surface area contributed by atoms with Crippen molar-refractivity contribution in [1.29, 1.82) is 0 Å². The van der Waals surface area contributed by atoms with Gasteiger partial charge in [-0.15, -0.1) is 0 Å². The van der Waals surface area contributed by atoms with E-state index in [1.807, 2.05) is 20.8 Å². The summed E-state index contributed by atoms with van der Waals surface area (Å²) in [5.41, 5.74) is 2.72. The van der Waals surface area contributed by atoms with E-state index < -0.39 is 0 Å². The molecular weight excluding hydrogens is 281 g/mol. The van der Waals surface area contributed by atoms with Crippen LogP contribution in [0.5, 0.6) is 0 Å². The van der Waals surface area contributed by atoms with Crippen LogP contribution in [-0.2, 0) is 0 Å². The van der Waals surface area contributed by atoms with Crippen molar-refractivity contribution in [3.8, 4) is 11.4 Å². The Kier molecular flexibility index (Phi) is 4.27. The number of nitrogens with one attached hydrogen (secondary N) is 1. The molecule has 0 spiro atoms. The lowest BCUT2D eigenvalue weighted by Gasteiger charge is -2.12. The molecule has 1 aromatic heterocycles. The van der Waals surface area contributed by atoms with Crippen LogP contribution >= 0.6 is 23.2 Å². The third-order valence-electron chi connectivity index (χ3n) is 2.90. The maximum absolute atomic E-state index is 6.19. The maximum Gasteiger partial charge on any atom is 0.163 e. The molecule has 0 aliphatic carbocycles. The van der Waals surface area contributed by atoms with E-state index in [9.17, 15) is 0 Å². The minimum atomic E-state index is 0.589. The third kappa shape index (κ3) is 2.99. The summed E-state index contributed by atoms with van der Waals surface area (Å²) >= 11 is 12.2. The van der Waals surface area contributed by atoms with Gasteiger partial charge in [0.05, 0.1) is 5.02 Å². The number of nitrogens with zero attached hydrogens (tertiary/aromatic N) is 2. The number of aromatic nitrogens is 2. The van der Waals surface area contributed by atoms with Gasteiger partial charge in [0.15, 0.2) is 5.82 Å². The zero-order valence-corrected chi connectivity index (χ0v) is 12.6. The number of hydrogen-bond donors (Lipinski definition) is 1. The summed E-state index contributed by atoms with van der Waals surface area (Å²) < 4.78 is 0. The van der Waals surface area contributed by atoms with E-state index in [1.165, 1.54) is 0 Å². The smallest absolute Gasteiger partial charge is 0.163 e. The first-order chi connectivity index (χ1) is 9.02. The van der Waals surface area contributed by atoms with Gasteiger partial charge in [-0.1, -0.05) is 23.2 Å². The summed E-state index contributed by atoms with van der Waals surface area (Å²) in [6.45, 7) is 6.79. The standard InChI is InChI=1S/C14H15Cl2N3/c1-4-17-13-8(2)9(3)18-14(19-13)11-7-10(15)5-6-12(11)16/h5-7H,4H2,1-3H3,(H,17,18,19). The van der Waals surface area contributed by atoms with Crippen molar-refractivity contribution in [3.63, 3.8) is 0 Å². The van der Waals surface area contributed by atoms with Gasteiger partial charge in [-0.2, -0.15) is 0 Å². The van der Waals surface area contributed by atoms with E-state index in [0.29, 0.717) is 15.9 Å². The first-order valence-electron chi connectivity index (χ1n) is 6.07. The summed E-state index contributed by atoms with van der Waals surface area (Å²) in [5, 5.41) is 4.44. The molecule has 19 heavy (non-hydrogen) atoms. The fourth-order valence-corrected chi connectivity index (χ4v) is 2.13. The fraction of sp³-hybridized carbons (Fsp3) is 0.286. The highest BCUT2D eigenvalue weighted by Gasteiger charge is 2.12. The van der Waals surface area contributed by atoms with Crippen LogP contribution < -0.4 is 5.32 Å². The van der Waals surface area contributed by atoms with Gasteiger partial charge >= 0.3 is 0 Å². The van der Waals surface area contributed by atoms with Crippen molar-refractivity contribution in [3.05, 3.63) is 39.5 Å². The molecule has 1 heterocycles. The molecule has 0 aliphatic rings. The predicted octanol–water partition coefficient (Wildman–Crippen LogP) is 4.50. The SMILES string of the molecule is CCNc1nc(-c2cc(Cl)ccc2Cl)nc(C)c1C. The van der Waals surface area contributed by atoms with Crippen LogP contribution in [0.2, 0.25) is 10.0 Å². The molecular formula is C14H15Cl2N3. The number of halogens is 2. The molecule has 2 rings (SSSR count). The predicted molar refractivity (Wildman–Crippen MR) is 81.1 cm³/mol. The lowest BCUT2D eigenvalue weighted by molar-refractivity contribution is 1.05. The molecule has 2 aromatic rings. The van der Waals surface area contributed by atoms with Crippen LogP contribution in [0.1, 0.15) is 18.2 Å². The molecule has 0 radical (unpaired) electrons. The van der Waals surface area contributed by atoms with Gasteiger partial charge in [0.2, 0.25) is 0 Å². The van der Waals surface area contributed by atoms with Gasteiger partial charge in [-0.25, -0.2) is 9.97 Å². The zero-order valence-electron chi connectivity index (χ0n) is 11.1. The third-order valence-corrected chi connectivity index (χ3v) is 3.47. The van der Waals surface area contributed by atoms with E-state index in [-0.39, 0.29) is 0 Å². The van der Waals surface area contributed by atoms with Crippen LogP contribution in [-0.4, -0.2) is 16.5 Å². The molecule has 3 nitrogen and oxygen atoms in total. The Hall–Kier alpha value is -1.32. The molecule has 0 saturated heterocycles. The number of aryl methyl sites for hydroxylation is 1. The zero-order chi connectivity index (χ0) is 14.0. The number of hydrogen-bond acceptors (Lipinski definition) is 3. The molecule has 1 N–H and O–H groups in total. The Morgan fingerprint density at radius 1 is 1.16 bits per heavy atom. The molecule has 0 amide bonds. The first-order valence-corrected chi connectivity index (χ1v) is 6.83. The lowest BCUT2D eigenvalue weighted by atomic mass is 10.2. The van der Waals surface area contributed by atoms with Crippen molar-refractivity contribution in [1.82, 2.24) is 9.97 Å². The Balaban J connectivity index is 2.59. The molecule has 0 bridgehead atoms. The van der Waals surface area contributed by atoms with Crippen molar-refractivity contribution in [2.75, 3.05) is 11.9 Å². The quantitative estimate of drug-likeness (QED) is 0.906. The molecule has 1 aromatic carbocycles. The van der Waals surface area contributed by atoms with Gasteiger partial charge in [0.25, 0.3) is 0 Å². The highest BCUT2D eigenvalue weighted by molar-refractivity contribution is 6.35. The van der Waals surface area contributed by atoms with Gasteiger partial charge in [-0.3, -0.25) is 0 Å². The van der Waals surface area contributed by atoms with Crippen molar-refractivity contribution >= 4 is 29.0 Å². The van der Waals surface area contributed by atoms with Gasteiger partial charge in [0, 0.05) is 28.4 Å². The number of rotatable bonds is 3. The highest BCUT2D eigenvalue weighted by Crippen LogP contribution is 2.30. The normalized spacial score (nSPS) is 10.6. The molecule has 0 aliphatic heterocycles. The summed E-state index contributed by atoms with van der Waals surface area (Å²) in [7, 11) is 0. The van der Waals surface area contributed by atoms with Crippen LogP contribution in [0.25, 0.3) is 11.4 Å². The van der Waals surface area contributed by atoms with Crippen LogP contribution in [0.15, 0.2) is 18.2 Å². The summed E-state index contributed by atoms with van der Waals surface area (Å²) in [6.07, 6.45) is 0. The van der Waals surface area contributed by atoms with E-state index in [2.05, 4.69) is 15.3 Å². The monoisotopic (exact) mass is 295 g/mol. The molecule has 5 heteroatoms. The van der Waals surface area contributed by atoms with E-state index in [4.69, 9.17) is 23.2 Å². The lowest BCUT2D eigenvalue weighted by Crippen LogP contribution is -2.06. The Morgan fingerprint density at radius 2 is 1.89 bits per heavy atom. The number of anilines is 1. The minimum Gasteiger partial charge on any atom is -0.370 e. The second-order valence-corrected chi connectivity index (χ2v) is 5.10. The molecule has 0 unspecified atom stereocenters. The van der Waals surface area contributed by atoms with Crippen LogP contribution in [0, 0.1) is 13.8 Å². The molecule has 0 fully saturated rings. The molecule has 0 saturated carbocycles. The largest absolute Gasteiger partial charge is 0.370 e. The van der Waals surface area contributed by atoms with Crippen molar-refractivity contribution in [2.24, 2.45) is 0 Å². The fourth-order valence-electron chi connectivity index (χ4n) is 1.76. The van der Waals surface area contributed by atoms with Gasteiger partial charge in [-0.05, 0) is 39.0 Å². The Morgan fingerprint density at radius 3 is 2.58 bits per heavy atom. The summed E-state index contributed by atoms with van der Waals surface area (Å²) in [5.74, 6) is 1.42. The van der Waals surface area contributed by atoms with E-state index >= 15 is 0 Å². The van der Waals surface area contributed by atoms with E-state index in [1.54, 1.807) is 18.2 Å². The van der Waals surface area contributed by atoms with Crippen LogP contribution in [0.4, 0.5) is 5.82 Å². The van der Waals surface area contributed by atoms with Gasteiger partial charge < -0.3 is 5.32 Å². The molecule has 0 atom stereocenters. The summed E-state index contributed by atoms with van der Waals surface area (Å²) in [4.78, 5) is 9.02. The second kappa shape index (κ2) is 5.76. The highest BCUT2D eigenvalue weighted by atomic mass is 35.5. The first kappa shape index (κ1) is 14.1. The average Bonchev–Trinajstić information content (AvgIpc) is 2.38. The number of benzene rings is 1. The topological polar surface area (TPSA) is 37.8 Å². The minimum absolute atomic E-state index is 0.589. The van der Waals surface area contributed by atoms with E-state index in [0.717, 1.165) is 29.2 Å². The van der Waals surface area contributed by atoms with Crippen molar-refractivity contribution < 1.29 is 0 Å².